The average molecular weight is 360 g/mol. The van der Waals surface area contributed by atoms with E-state index in [0.717, 1.165) is 16.1 Å². The van der Waals surface area contributed by atoms with Gasteiger partial charge in [-0.25, -0.2) is 8.42 Å². The van der Waals surface area contributed by atoms with Crippen molar-refractivity contribution in [1.29, 1.82) is 0 Å². The zero-order valence-corrected chi connectivity index (χ0v) is 15.7. The van der Waals surface area contributed by atoms with Crippen molar-refractivity contribution in [3.8, 4) is 0 Å². The van der Waals surface area contributed by atoms with Crippen LogP contribution in [0.5, 0.6) is 0 Å². The average Bonchev–Trinajstić information content (AvgIpc) is 2.55. The molecular weight excluding hydrogens is 336 g/mol. The molecule has 5 nitrogen and oxygen atoms in total. The normalized spacial score (nSPS) is 13.0. The van der Waals surface area contributed by atoms with Gasteiger partial charge in [-0.1, -0.05) is 62.4 Å². The lowest BCUT2D eigenvalue weighted by Crippen LogP contribution is -2.38. The highest BCUT2D eigenvalue weighted by Crippen LogP contribution is 2.27. The van der Waals surface area contributed by atoms with Crippen LogP contribution in [-0.4, -0.2) is 31.9 Å². The molecule has 0 aliphatic heterocycles. The molecule has 0 saturated carbocycles. The highest BCUT2D eigenvalue weighted by molar-refractivity contribution is 7.88. The minimum atomic E-state index is -3.54. The van der Waals surface area contributed by atoms with Crippen molar-refractivity contribution in [1.82, 2.24) is 4.31 Å². The summed E-state index contributed by atoms with van der Waals surface area (Å²) in [6.07, 6.45) is 1.10. The number of hydrogen-bond donors (Lipinski definition) is 1. The fourth-order valence-electron chi connectivity index (χ4n) is 2.67. The number of carbonyl (C=O) groups excluding carboxylic acids is 1. The number of anilines is 1. The molecular formula is C19H24N2O3S. The van der Waals surface area contributed by atoms with E-state index in [-0.39, 0.29) is 11.8 Å². The summed E-state index contributed by atoms with van der Waals surface area (Å²) in [5.41, 5.74) is 2.32. The predicted octanol–water partition coefficient (Wildman–Crippen LogP) is 3.38. The number of nitrogens with zero attached hydrogens (tertiary/aromatic N) is 1. The first-order valence-corrected chi connectivity index (χ1v) is 9.94. The Kier molecular flexibility index (Phi) is 5.98. The summed E-state index contributed by atoms with van der Waals surface area (Å²) in [5.74, 6) is -0.147. The van der Waals surface area contributed by atoms with E-state index in [4.69, 9.17) is 0 Å². The van der Waals surface area contributed by atoms with Gasteiger partial charge in [-0.15, -0.1) is 0 Å². The van der Waals surface area contributed by atoms with Gasteiger partial charge in [0.2, 0.25) is 15.9 Å². The Hall–Kier alpha value is -2.18. The predicted molar refractivity (Wildman–Crippen MR) is 101 cm³/mol. The summed E-state index contributed by atoms with van der Waals surface area (Å²) in [7, 11) is -2.12. The molecule has 0 saturated heterocycles. The summed E-state index contributed by atoms with van der Waals surface area (Å²) in [6, 6.07) is 15.5. The molecule has 0 aliphatic carbocycles. The van der Waals surface area contributed by atoms with Crippen LogP contribution in [0.15, 0.2) is 54.6 Å². The third-order valence-electron chi connectivity index (χ3n) is 4.09. The number of carbonyl (C=O) groups is 1. The first-order valence-electron chi connectivity index (χ1n) is 8.09. The molecule has 0 bridgehead atoms. The van der Waals surface area contributed by atoms with Gasteiger partial charge < -0.3 is 5.32 Å². The van der Waals surface area contributed by atoms with Crippen LogP contribution in [0.2, 0.25) is 0 Å². The van der Waals surface area contributed by atoms with E-state index in [9.17, 15) is 13.2 Å². The Labute approximate surface area is 149 Å². The maximum absolute atomic E-state index is 13.0. The second-order valence-corrected chi connectivity index (χ2v) is 8.37. The van der Waals surface area contributed by atoms with Gasteiger partial charge in [-0.3, -0.25) is 4.79 Å². The molecule has 1 atom stereocenters. The van der Waals surface area contributed by atoms with Gasteiger partial charge in [-0.05, 0) is 23.1 Å². The second kappa shape index (κ2) is 7.80. The first kappa shape index (κ1) is 19.1. The van der Waals surface area contributed by atoms with E-state index in [2.05, 4.69) is 5.32 Å². The highest BCUT2D eigenvalue weighted by Gasteiger charge is 2.31. The molecule has 0 aromatic heterocycles. The molecule has 134 valence electrons. The Balaban J connectivity index is 2.40. The third kappa shape index (κ3) is 4.67. The maximum atomic E-state index is 13.0. The molecule has 0 radical (unpaired) electrons. The zero-order valence-electron chi connectivity index (χ0n) is 14.9. The SMILES string of the molecule is CC(C)c1ccccc1NC(=O)[C@H](c1ccccc1)N(C)S(C)(=O)=O. The molecule has 6 heteroatoms. The number of rotatable bonds is 6. The minimum Gasteiger partial charge on any atom is -0.324 e. The standard InChI is InChI=1S/C19H24N2O3S/c1-14(2)16-12-8-9-13-17(16)20-19(22)18(21(3)25(4,23)24)15-10-6-5-7-11-15/h5-14,18H,1-4H3,(H,20,22)/t18-/m0/s1. The molecule has 0 spiro atoms. The quantitative estimate of drug-likeness (QED) is 0.859. The van der Waals surface area contributed by atoms with E-state index >= 15 is 0 Å². The number of para-hydroxylation sites is 1. The molecule has 2 aromatic carbocycles. The molecule has 0 aliphatic rings. The van der Waals surface area contributed by atoms with Crippen LogP contribution >= 0.6 is 0 Å². The van der Waals surface area contributed by atoms with Crippen LogP contribution in [0, 0.1) is 0 Å². The van der Waals surface area contributed by atoms with Crippen molar-refractivity contribution < 1.29 is 13.2 Å². The van der Waals surface area contributed by atoms with Gasteiger partial charge in [0, 0.05) is 12.7 Å². The van der Waals surface area contributed by atoms with Crippen molar-refractivity contribution in [3.05, 3.63) is 65.7 Å². The molecule has 0 unspecified atom stereocenters. The highest BCUT2D eigenvalue weighted by atomic mass is 32.2. The summed E-state index contributed by atoms with van der Waals surface area (Å²) in [5, 5.41) is 2.90. The third-order valence-corrected chi connectivity index (χ3v) is 5.35. The van der Waals surface area contributed by atoms with Crippen molar-refractivity contribution in [2.24, 2.45) is 0 Å². The largest absolute Gasteiger partial charge is 0.324 e. The van der Waals surface area contributed by atoms with Gasteiger partial charge in [0.05, 0.1) is 6.26 Å². The number of benzene rings is 2. The van der Waals surface area contributed by atoms with E-state index in [0.29, 0.717) is 11.3 Å². The molecule has 25 heavy (non-hydrogen) atoms. The Morgan fingerprint density at radius 3 is 2.12 bits per heavy atom. The van der Waals surface area contributed by atoms with Crippen molar-refractivity contribution in [3.63, 3.8) is 0 Å². The van der Waals surface area contributed by atoms with Crippen molar-refractivity contribution in [2.45, 2.75) is 25.8 Å². The van der Waals surface area contributed by atoms with Gasteiger partial charge in [0.25, 0.3) is 0 Å². The fraction of sp³-hybridized carbons (Fsp3) is 0.316. The topological polar surface area (TPSA) is 66.5 Å². The summed E-state index contributed by atoms with van der Waals surface area (Å²) in [4.78, 5) is 13.0. The first-order chi connectivity index (χ1) is 11.7. The minimum absolute atomic E-state index is 0.235. The van der Waals surface area contributed by atoms with Gasteiger partial charge in [0.15, 0.2) is 0 Å². The number of sulfonamides is 1. The molecule has 1 N–H and O–H groups in total. The zero-order chi connectivity index (χ0) is 18.6. The van der Waals surface area contributed by atoms with Crippen LogP contribution < -0.4 is 5.32 Å². The Bertz CT molecular complexity index is 833. The van der Waals surface area contributed by atoms with Crippen LogP contribution in [0.3, 0.4) is 0 Å². The monoisotopic (exact) mass is 360 g/mol. The van der Waals surface area contributed by atoms with Crippen LogP contribution in [-0.2, 0) is 14.8 Å². The van der Waals surface area contributed by atoms with Crippen LogP contribution in [0.1, 0.15) is 36.9 Å². The Morgan fingerprint density at radius 2 is 1.56 bits per heavy atom. The van der Waals surface area contributed by atoms with E-state index in [1.165, 1.54) is 7.05 Å². The van der Waals surface area contributed by atoms with Crippen molar-refractivity contribution in [2.75, 3.05) is 18.6 Å². The number of likely N-dealkylation sites (N-methyl/N-ethyl adjacent to an activating group) is 1. The summed E-state index contributed by atoms with van der Waals surface area (Å²) in [6.45, 7) is 4.09. The van der Waals surface area contributed by atoms with Gasteiger partial charge >= 0.3 is 0 Å². The summed E-state index contributed by atoms with van der Waals surface area (Å²) < 4.78 is 25.1. The molecule has 2 rings (SSSR count). The lowest BCUT2D eigenvalue weighted by atomic mass is 10.0. The van der Waals surface area contributed by atoms with E-state index in [1.807, 2.05) is 44.2 Å². The Morgan fingerprint density at radius 1 is 1.00 bits per heavy atom. The second-order valence-electron chi connectivity index (χ2n) is 6.32. The lowest BCUT2D eigenvalue weighted by Gasteiger charge is -2.26. The smallest absolute Gasteiger partial charge is 0.247 e. The summed E-state index contributed by atoms with van der Waals surface area (Å²) >= 11 is 0. The van der Waals surface area contributed by atoms with Gasteiger partial charge in [0.1, 0.15) is 6.04 Å². The molecule has 0 fully saturated rings. The van der Waals surface area contributed by atoms with E-state index < -0.39 is 16.1 Å². The number of nitrogens with one attached hydrogen (secondary N) is 1. The van der Waals surface area contributed by atoms with Crippen LogP contribution in [0.4, 0.5) is 5.69 Å². The number of amides is 1. The lowest BCUT2D eigenvalue weighted by molar-refractivity contribution is -0.119. The van der Waals surface area contributed by atoms with Crippen molar-refractivity contribution >= 4 is 21.6 Å². The van der Waals surface area contributed by atoms with E-state index in [1.54, 1.807) is 24.3 Å². The maximum Gasteiger partial charge on any atom is 0.247 e. The van der Waals surface area contributed by atoms with Crippen LogP contribution in [0.25, 0.3) is 0 Å². The fourth-order valence-corrected chi connectivity index (χ4v) is 3.27. The number of hydrogen-bond acceptors (Lipinski definition) is 3. The molecule has 1 amide bonds. The van der Waals surface area contributed by atoms with Gasteiger partial charge in [-0.2, -0.15) is 4.31 Å². The molecule has 2 aromatic rings. The molecule has 0 heterocycles.